The molecule has 3 N–H and O–H groups in total. The minimum Gasteiger partial charge on any atom is -0.355 e. The van der Waals surface area contributed by atoms with Gasteiger partial charge in [-0.05, 0) is 37.2 Å². The molecule has 2 fully saturated rings. The van der Waals surface area contributed by atoms with Crippen LogP contribution in [-0.4, -0.2) is 18.5 Å². The summed E-state index contributed by atoms with van der Waals surface area (Å²) in [6.07, 6.45) is 6.32. The Morgan fingerprint density at radius 1 is 1.25 bits per heavy atom. The molecule has 2 aliphatic rings. The first-order valence-electron chi connectivity index (χ1n) is 7.77. The Morgan fingerprint density at radius 3 is 2.60 bits per heavy atom. The van der Waals surface area contributed by atoms with E-state index < -0.39 is 0 Å². The van der Waals surface area contributed by atoms with Gasteiger partial charge < -0.3 is 11.1 Å². The van der Waals surface area contributed by atoms with Gasteiger partial charge in [0.05, 0.1) is 0 Å². The predicted molar refractivity (Wildman–Crippen MR) is 80.3 cm³/mol. The molecule has 1 aromatic carbocycles. The van der Waals surface area contributed by atoms with Gasteiger partial charge in [-0.1, -0.05) is 36.8 Å². The molecule has 3 rings (SSSR count). The summed E-state index contributed by atoms with van der Waals surface area (Å²) >= 11 is 0. The number of nitrogens with one attached hydrogen (secondary N) is 1. The predicted octanol–water partition coefficient (Wildman–Crippen LogP) is 2.35. The second-order valence-electron chi connectivity index (χ2n) is 6.48. The largest absolute Gasteiger partial charge is 0.355 e. The zero-order valence-electron chi connectivity index (χ0n) is 12.0. The van der Waals surface area contributed by atoms with Crippen molar-refractivity contribution in [1.82, 2.24) is 5.32 Å². The van der Waals surface area contributed by atoms with E-state index >= 15 is 0 Å². The third-order valence-corrected chi connectivity index (χ3v) is 5.03. The summed E-state index contributed by atoms with van der Waals surface area (Å²) in [4.78, 5) is 12.1. The third kappa shape index (κ3) is 2.88. The van der Waals surface area contributed by atoms with Gasteiger partial charge in [0.15, 0.2) is 0 Å². The molecule has 0 saturated heterocycles. The zero-order chi connectivity index (χ0) is 14.0. The number of nitrogens with two attached hydrogens (primary N) is 1. The van der Waals surface area contributed by atoms with Gasteiger partial charge in [-0.25, -0.2) is 0 Å². The van der Waals surface area contributed by atoms with Crippen LogP contribution in [0.15, 0.2) is 30.3 Å². The summed E-state index contributed by atoms with van der Waals surface area (Å²) in [7, 11) is 0. The van der Waals surface area contributed by atoms with E-state index in [0.29, 0.717) is 12.3 Å². The van der Waals surface area contributed by atoms with Crippen LogP contribution in [-0.2, 0) is 10.2 Å². The van der Waals surface area contributed by atoms with E-state index in [1.807, 2.05) is 6.07 Å². The first-order valence-corrected chi connectivity index (χ1v) is 7.77. The van der Waals surface area contributed by atoms with Crippen molar-refractivity contribution in [2.24, 2.45) is 11.7 Å². The lowest BCUT2D eigenvalue weighted by Gasteiger charge is -2.19. The van der Waals surface area contributed by atoms with E-state index in [-0.39, 0.29) is 17.4 Å². The molecule has 3 nitrogen and oxygen atoms in total. The second kappa shape index (κ2) is 5.57. The average Bonchev–Trinajstić information content (AvgIpc) is 3.17. The SMILES string of the molecule is N[C@@H]1CCC[C@H]1CC(=O)NCC1(c2ccccc2)CC1. The summed E-state index contributed by atoms with van der Waals surface area (Å²) in [6.45, 7) is 0.776. The molecule has 0 unspecified atom stereocenters. The summed E-state index contributed by atoms with van der Waals surface area (Å²) in [6, 6.07) is 10.8. The van der Waals surface area contributed by atoms with Crippen LogP contribution in [0, 0.1) is 5.92 Å². The lowest BCUT2D eigenvalue weighted by Crippen LogP contribution is -2.35. The summed E-state index contributed by atoms with van der Waals surface area (Å²) in [5, 5.41) is 3.14. The molecule has 0 aliphatic heterocycles. The van der Waals surface area contributed by atoms with Crippen molar-refractivity contribution in [2.45, 2.75) is 50.0 Å². The van der Waals surface area contributed by atoms with Crippen LogP contribution in [0.1, 0.15) is 44.1 Å². The third-order valence-electron chi connectivity index (χ3n) is 5.03. The molecule has 0 heterocycles. The fraction of sp³-hybridized carbons (Fsp3) is 0.588. The van der Waals surface area contributed by atoms with Crippen molar-refractivity contribution >= 4 is 5.91 Å². The number of hydrogen-bond acceptors (Lipinski definition) is 2. The first-order chi connectivity index (χ1) is 9.70. The van der Waals surface area contributed by atoms with E-state index in [1.165, 1.54) is 24.8 Å². The maximum absolute atomic E-state index is 12.1. The van der Waals surface area contributed by atoms with Crippen molar-refractivity contribution in [3.8, 4) is 0 Å². The minimum absolute atomic E-state index is 0.176. The lowest BCUT2D eigenvalue weighted by atomic mass is 9.95. The molecule has 0 aromatic heterocycles. The number of carbonyl (C=O) groups excluding carboxylic acids is 1. The molecule has 0 spiro atoms. The fourth-order valence-corrected chi connectivity index (χ4v) is 3.41. The Balaban J connectivity index is 1.51. The minimum atomic E-state index is 0.176. The standard InChI is InChI=1S/C17H24N2O/c18-15-8-4-5-13(15)11-16(20)19-12-17(9-10-17)14-6-2-1-3-7-14/h1-3,6-7,13,15H,4-5,8-12,18H2,(H,19,20)/t13-,15+/m0/s1. The molecular formula is C17H24N2O. The Bertz CT molecular complexity index is 467. The zero-order valence-corrected chi connectivity index (χ0v) is 12.0. The van der Waals surface area contributed by atoms with Gasteiger partial charge in [0, 0.05) is 24.4 Å². The highest BCUT2D eigenvalue weighted by Gasteiger charge is 2.44. The van der Waals surface area contributed by atoms with Crippen molar-refractivity contribution in [3.05, 3.63) is 35.9 Å². The van der Waals surface area contributed by atoms with Gasteiger partial charge in [0.1, 0.15) is 0 Å². The molecule has 0 bridgehead atoms. The topological polar surface area (TPSA) is 55.1 Å². The van der Waals surface area contributed by atoms with Gasteiger partial charge in [0.2, 0.25) is 5.91 Å². The highest BCUT2D eigenvalue weighted by Crippen LogP contribution is 2.47. The van der Waals surface area contributed by atoms with Gasteiger partial charge in [-0.3, -0.25) is 4.79 Å². The molecule has 108 valence electrons. The second-order valence-corrected chi connectivity index (χ2v) is 6.48. The highest BCUT2D eigenvalue weighted by atomic mass is 16.1. The van der Waals surface area contributed by atoms with E-state index in [2.05, 4.69) is 29.6 Å². The van der Waals surface area contributed by atoms with E-state index in [1.54, 1.807) is 0 Å². The van der Waals surface area contributed by atoms with Crippen LogP contribution in [0.3, 0.4) is 0 Å². The molecule has 3 heteroatoms. The number of amides is 1. The molecule has 20 heavy (non-hydrogen) atoms. The van der Waals surface area contributed by atoms with Crippen LogP contribution in [0.5, 0.6) is 0 Å². The van der Waals surface area contributed by atoms with E-state index in [0.717, 1.165) is 19.4 Å². The fourth-order valence-electron chi connectivity index (χ4n) is 3.41. The Hall–Kier alpha value is -1.35. The Morgan fingerprint density at radius 2 is 2.00 bits per heavy atom. The Labute approximate surface area is 120 Å². The number of rotatable bonds is 5. The lowest BCUT2D eigenvalue weighted by molar-refractivity contribution is -0.122. The molecule has 1 amide bonds. The van der Waals surface area contributed by atoms with Gasteiger partial charge >= 0.3 is 0 Å². The maximum atomic E-state index is 12.1. The number of carbonyl (C=O) groups is 1. The normalized spacial score (nSPS) is 27.2. The van der Waals surface area contributed by atoms with Crippen molar-refractivity contribution < 1.29 is 4.79 Å². The Kier molecular flexibility index (Phi) is 3.79. The molecule has 2 aliphatic carbocycles. The van der Waals surface area contributed by atoms with Crippen LogP contribution in [0.25, 0.3) is 0 Å². The van der Waals surface area contributed by atoms with Crippen LogP contribution in [0.2, 0.25) is 0 Å². The maximum Gasteiger partial charge on any atom is 0.220 e. The summed E-state index contributed by atoms with van der Waals surface area (Å²) < 4.78 is 0. The average molecular weight is 272 g/mol. The quantitative estimate of drug-likeness (QED) is 0.864. The van der Waals surface area contributed by atoms with E-state index in [4.69, 9.17) is 5.73 Å². The smallest absolute Gasteiger partial charge is 0.220 e. The first kappa shape index (κ1) is 13.6. The van der Waals surface area contributed by atoms with Crippen molar-refractivity contribution in [1.29, 1.82) is 0 Å². The van der Waals surface area contributed by atoms with Gasteiger partial charge in [-0.2, -0.15) is 0 Å². The van der Waals surface area contributed by atoms with Gasteiger partial charge in [0.25, 0.3) is 0 Å². The highest BCUT2D eigenvalue weighted by molar-refractivity contribution is 5.76. The molecule has 2 saturated carbocycles. The number of hydrogen-bond donors (Lipinski definition) is 2. The van der Waals surface area contributed by atoms with E-state index in [9.17, 15) is 4.79 Å². The van der Waals surface area contributed by atoms with Crippen molar-refractivity contribution in [2.75, 3.05) is 6.54 Å². The summed E-state index contributed by atoms with van der Waals surface area (Å²) in [5.41, 5.74) is 7.59. The molecule has 0 radical (unpaired) electrons. The van der Waals surface area contributed by atoms with Crippen LogP contribution >= 0.6 is 0 Å². The van der Waals surface area contributed by atoms with Crippen LogP contribution in [0.4, 0.5) is 0 Å². The van der Waals surface area contributed by atoms with Gasteiger partial charge in [-0.15, -0.1) is 0 Å². The molecule has 1 aromatic rings. The van der Waals surface area contributed by atoms with Crippen molar-refractivity contribution in [3.63, 3.8) is 0 Å². The summed E-state index contributed by atoms with van der Waals surface area (Å²) in [5.74, 6) is 0.566. The monoisotopic (exact) mass is 272 g/mol. The van der Waals surface area contributed by atoms with Crippen LogP contribution < -0.4 is 11.1 Å². The molecular weight excluding hydrogens is 248 g/mol. The molecule has 2 atom stereocenters. The number of benzene rings is 1.